The first kappa shape index (κ1) is 64.8. The third-order valence-electron chi connectivity index (χ3n) is 12.1. The summed E-state index contributed by atoms with van der Waals surface area (Å²) < 4.78 is 17.4. The minimum absolute atomic E-state index is 0.0377. The molecule has 0 spiro atoms. The zero-order chi connectivity index (χ0) is 49.2. The SMILES string of the molecule is CC/C=C\C/C=C\C/C=C\C/C=C\C/C=C\C/C=C\CCC(=O)OCC(COCCCCCCCC/C=C\CCCCCCCC)OC(=O)CCCCCCCCC/C=C\CCCCCCCC. The highest BCUT2D eigenvalue weighted by molar-refractivity contribution is 5.70. The summed E-state index contributed by atoms with van der Waals surface area (Å²) in [5.74, 6) is -0.499. The van der Waals surface area contributed by atoms with Crippen molar-refractivity contribution in [1.29, 1.82) is 0 Å². The van der Waals surface area contributed by atoms with Crippen LogP contribution in [-0.2, 0) is 23.8 Å². The van der Waals surface area contributed by atoms with Gasteiger partial charge in [0.25, 0.3) is 0 Å². The Bertz CT molecular complexity index is 1300. The van der Waals surface area contributed by atoms with Crippen LogP contribution in [0.1, 0.15) is 265 Å². The Labute approximate surface area is 422 Å². The van der Waals surface area contributed by atoms with E-state index in [0.717, 1.165) is 70.6 Å². The van der Waals surface area contributed by atoms with Crippen molar-refractivity contribution in [2.45, 2.75) is 271 Å². The van der Waals surface area contributed by atoms with Crippen LogP contribution in [0.4, 0.5) is 0 Å². The number of ether oxygens (including phenoxy) is 3. The maximum Gasteiger partial charge on any atom is 0.306 e. The van der Waals surface area contributed by atoms with Crippen LogP contribution < -0.4 is 0 Å². The van der Waals surface area contributed by atoms with Gasteiger partial charge in [-0.15, -0.1) is 0 Å². The zero-order valence-corrected chi connectivity index (χ0v) is 44.8. The van der Waals surface area contributed by atoms with E-state index >= 15 is 0 Å². The quantitative estimate of drug-likeness (QED) is 0.0345. The van der Waals surface area contributed by atoms with E-state index in [4.69, 9.17) is 14.2 Å². The number of allylic oxidation sites excluding steroid dienone is 16. The molecule has 0 aromatic carbocycles. The minimum Gasteiger partial charge on any atom is -0.462 e. The van der Waals surface area contributed by atoms with Gasteiger partial charge in [0.2, 0.25) is 0 Å². The fourth-order valence-corrected chi connectivity index (χ4v) is 7.82. The normalized spacial score (nSPS) is 12.9. The smallest absolute Gasteiger partial charge is 0.306 e. The first-order valence-corrected chi connectivity index (χ1v) is 28.8. The Morgan fingerprint density at radius 3 is 1.12 bits per heavy atom. The molecular weight excluding hydrogens is 837 g/mol. The Kier molecular flexibility index (Phi) is 55.4. The standard InChI is InChI=1S/C63H108O5/c1-4-7-10-13-16-19-22-25-28-31-32-34-35-38-41-44-47-50-53-56-62(64)67-60-61(59-66-58-55-52-49-46-43-40-37-30-27-24-21-18-15-12-9-6-3)68-63(65)57-54-51-48-45-42-39-36-33-29-26-23-20-17-14-11-8-5-2/h7,10,16,19,25-30,32,34,38,41,47,50,61H,4-6,8-9,11-15,17-18,20-24,31,33,35-37,39-40,42-46,48-49,51-60H2,1-3H3/b10-7-,19-16-,28-25-,29-26-,30-27-,34-32-,41-38-,50-47-. The van der Waals surface area contributed by atoms with Crippen molar-refractivity contribution in [2.24, 2.45) is 0 Å². The number of unbranched alkanes of at least 4 members (excludes halogenated alkanes) is 25. The zero-order valence-electron chi connectivity index (χ0n) is 44.8. The van der Waals surface area contributed by atoms with E-state index in [1.54, 1.807) is 0 Å². The molecule has 0 N–H and O–H groups in total. The summed E-state index contributed by atoms with van der Waals surface area (Å²) >= 11 is 0. The van der Waals surface area contributed by atoms with Gasteiger partial charge in [-0.05, 0) is 109 Å². The second kappa shape index (κ2) is 58.1. The fraction of sp³-hybridized carbons (Fsp3) is 0.714. The number of esters is 2. The highest BCUT2D eigenvalue weighted by Crippen LogP contribution is 2.14. The van der Waals surface area contributed by atoms with Crippen LogP contribution in [0, 0.1) is 0 Å². The molecule has 68 heavy (non-hydrogen) atoms. The molecule has 1 unspecified atom stereocenters. The molecule has 1 atom stereocenters. The van der Waals surface area contributed by atoms with E-state index < -0.39 is 6.10 Å². The van der Waals surface area contributed by atoms with Crippen molar-refractivity contribution in [3.63, 3.8) is 0 Å². The number of hydrogen-bond acceptors (Lipinski definition) is 5. The van der Waals surface area contributed by atoms with Crippen LogP contribution in [0.5, 0.6) is 0 Å². The maximum absolute atomic E-state index is 12.9. The summed E-state index contributed by atoms with van der Waals surface area (Å²) in [6, 6.07) is 0. The van der Waals surface area contributed by atoms with Gasteiger partial charge in [-0.2, -0.15) is 0 Å². The van der Waals surface area contributed by atoms with E-state index in [0.29, 0.717) is 25.9 Å². The molecule has 0 radical (unpaired) electrons. The molecule has 0 saturated carbocycles. The molecule has 0 saturated heterocycles. The van der Waals surface area contributed by atoms with Crippen LogP contribution in [0.25, 0.3) is 0 Å². The Morgan fingerprint density at radius 2 is 0.691 bits per heavy atom. The largest absolute Gasteiger partial charge is 0.462 e. The second-order valence-electron chi connectivity index (χ2n) is 18.8. The minimum atomic E-state index is -0.578. The molecule has 390 valence electrons. The molecule has 0 fully saturated rings. The van der Waals surface area contributed by atoms with Gasteiger partial charge >= 0.3 is 11.9 Å². The van der Waals surface area contributed by atoms with Crippen LogP contribution in [0.3, 0.4) is 0 Å². The highest BCUT2D eigenvalue weighted by atomic mass is 16.6. The topological polar surface area (TPSA) is 61.8 Å². The van der Waals surface area contributed by atoms with Gasteiger partial charge < -0.3 is 14.2 Å². The van der Waals surface area contributed by atoms with Gasteiger partial charge in [0.15, 0.2) is 6.10 Å². The lowest BCUT2D eigenvalue weighted by molar-refractivity contribution is -0.162. The Morgan fingerprint density at radius 1 is 0.338 bits per heavy atom. The molecule has 0 amide bonds. The predicted molar refractivity (Wildman–Crippen MR) is 297 cm³/mol. The van der Waals surface area contributed by atoms with E-state index in [1.165, 1.54) is 154 Å². The molecular formula is C63H108O5. The third kappa shape index (κ3) is 55.4. The van der Waals surface area contributed by atoms with E-state index in [9.17, 15) is 9.59 Å². The van der Waals surface area contributed by atoms with Crippen molar-refractivity contribution in [3.05, 3.63) is 97.2 Å². The number of rotatable bonds is 52. The van der Waals surface area contributed by atoms with Gasteiger partial charge in [0, 0.05) is 19.4 Å². The van der Waals surface area contributed by atoms with Gasteiger partial charge in [-0.3, -0.25) is 9.59 Å². The van der Waals surface area contributed by atoms with Gasteiger partial charge in [-0.25, -0.2) is 0 Å². The predicted octanol–water partition coefficient (Wildman–Crippen LogP) is 19.8. The van der Waals surface area contributed by atoms with Crippen LogP contribution in [0.2, 0.25) is 0 Å². The Balaban J connectivity index is 4.41. The molecule has 0 bridgehead atoms. The first-order valence-electron chi connectivity index (χ1n) is 28.8. The third-order valence-corrected chi connectivity index (χ3v) is 12.1. The molecule has 0 aromatic rings. The van der Waals surface area contributed by atoms with E-state index in [2.05, 4.69) is 112 Å². The lowest BCUT2D eigenvalue weighted by Crippen LogP contribution is -2.30. The van der Waals surface area contributed by atoms with E-state index in [1.807, 2.05) is 6.08 Å². The average Bonchev–Trinajstić information content (AvgIpc) is 3.34. The van der Waals surface area contributed by atoms with Crippen molar-refractivity contribution < 1.29 is 23.8 Å². The van der Waals surface area contributed by atoms with Crippen molar-refractivity contribution in [1.82, 2.24) is 0 Å². The summed E-state index contributed by atoms with van der Waals surface area (Å²) in [6.45, 7) is 7.63. The lowest BCUT2D eigenvalue weighted by atomic mass is 10.1. The summed E-state index contributed by atoms with van der Waals surface area (Å²) in [5, 5.41) is 0. The maximum atomic E-state index is 12.9. The van der Waals surface area contributed by atoms with E-state index in [-0.39, 0.29) is 25.2 Å². The number of carbonyl (C=O) groups is 2. The molecule has 0 aliphatic rings. The molecule has 5 nitrogen and oxygen atoms in total. The summed E-state index contributed by atoms with van der Waals surface area (Å²) in [5.41, 5.74) is 0. The fourth-order valence-electron chi connectivity index (χ4n) is 7.82. The number of hydrogen-bond donors (Lipinski definition) is 0. The second-order valence-corrected chi connectivity index (χ2v) is 18.8. The monoisotopic (exact) mass is 945 g/mol. The van der Waals surface area contributed by atoms with Crippen LogP contribution >= 0.6 is 0 Å². The van der Waals surface area contributed by atoms with Crippen molar-refractivity contribution >= 4 is 11.9 Å². The van der Waals surface area contributed by atoms with Gasteiger partial charge in [0.05, 0.1) is 6.61 Å². The van der Waals surface area contributed by atoms with Crippen molar-refractivity contribution in [3.8, 4) is 0 Å². The van der Waals surface area contributed by atoms with Crippen molar-refractivity contribution in [2.75, 3.05) is 19.8 Å². The molecule has 0 aliphatic carbocycles. The average molecular weight is 946 g/mol. The summed E-state index contributed by atoms with van der Waals surface area (Å²) in [4.78, 5) is 25.5. The van der Waals surface area contributed by atoms with Gasteiger partial charge in [-0.1, -0.05) is 240 Å². The highest BCUT2D eigenvalue weighted by Gasteiger charge is 2.17. The van der Waals surface area contributed by atoms with Crippen LogP contribution in [-0.4, -0.2) is 37.9 Å². The molecule has 5 heteroatoms. The van der Waals surface area contributed by atoms with Gasteiger partial charge in [0.1, 0.15) is 6.61 Å². The number of carbonyl (C=O) groups excluding carboxylic acids is 2. The lowest BCUT2D eigenvalue weighted by Gasteiger charge is -2.18. The molecule has 0 aliphatic heterocycles. The Hall–Kier alpha value is -3.18. The molecule has 0 rings (SSSR count). The summed E-state index contributed by atoms with van der Waals surface area (Å²) in [7, 11) is 0. The summed E-state index contributed by atoms with van der Waals surface area (Å²) in [6.07, 6.45) is 78.7. The first-order chi connectivity index (χ1) is 33.6. The molecule has 0 heterocycles. The van der Waals surface area contributed by atoms with Crippen LogP contribution in [0.15, 0.2) is 97.2 Å². The molecule has 0 aromatic heterocycles.